The second-order valence-electron chi connectivity index (χ2n) is 4.76. The summed E-state index contributed by atoms with van der Waals surface area (Å²) in [5, 5.41) is 0.425. The smallest absolute Gasteiger partial charge is 0.313 e. The van der Waals surface area contributed by atoms with Crippen LogP contribution in [0, 0.1) is 0 Å². The fourth-order valence-electron chi connectivity index (χ4n) is 2.04. The summed E-state index contributed by atoms with van der Waals surface area (Å²) in [5.41, 5.74) is 1.72. The summed E-state index contributed by atoms with van der Waals surface area (Å²) in [7, 11) is 1.64. The lowest BCUT2D eigenvalue weighted by Gasteiger charge is -2.09. The number of hydrogen-bond acceptors (Lipinski definition) is 3. The molecule has 0 aliphatic rings. The number of halogens is 1. The van der Waals surface area contributed by atoms with E-state index in [-0.39, 0.29) is 11.4 Å². The summed E-state index contributed by atoms with van der Waals surface area (Å²) >= 11 is 6.26. The topological polar surface area (TPSA) is 44.1 Å². The predicted molar refractivity (Wildman–Crippen MR) is 86.4 cm³/mol. The van der Waals surface area contributed by atoms with Crippen LogP contribution in [-0.4, -0.2) is 9.55 Å². The molecule has 0 bridgehead atoms. The highest BCUT2D eigenvalue weighted by Crippen LogP contribution is 2.32. The number of rotatable bonds is 3. The van der Waals surface area contributed by atoms with E-state index in [9.17, 15) is 4.79 Å². The molecule has 0 aliphatic carbocycles. The first-order valence-corrected chi connectivity index (χ1v) is 7.07. The lowest BCUT2D eigenvalue weighted by Crippen LogP contribution is -2.18. The third-order valence-corrected chi connectivity index (χ3v) is 3.53. The molecule has 0 aliphatic heterocycles. The Morgan fingerprint density at radius 1 is 1.09 bits per heavy atom. The van der Waals surface area contributed by atoms with Crippen molar-refractivity contribution in [2.24, 2.45) is 7.05 Å². The molecule has 0 fully saturated rings. The first kappa shape index (κ1) is 14.4. The molecule has 0 N–H and O–H groups in total. The van der Waals surface area contributed by atoms with Crippen molar-refractivity contribution in [1.29, 1.82) is 0 Å². The largest absolute Gasteiger partial charge is 0.433 e. The van der Waals surface area contributed by atoms with E-state index in [1.165, 1.54) is 10.8 Å². The fourth-order valence-corrected chi connectivity index (χ4v) is 2.26. The zero-order chi connectivity index (χ0) is 15.5. The molecule has 3 aromatic rings. The quantitative estimate of drug-likeness (QED) is 0.737. The maximum absolute atomic E-state index is 11.9. The van der Waals surface area contributed by atoms with Crippen molar-refractivity contribution in [3.05, 3.63) is 76.3 Å². The third-order valence-electron chi connectivity index (χ3n) is 3.23. The van der Waals surface area contributed by atoms with Crippen molar-refractivity contribution < 1.29 is 4.74 Å². The van der Waals surface area contributed by atoms with Gasteiger partial charge in [0.1, 0.15) is 5.75 Å². The highest BCUT2D eigenvalue weighted by molar-refractivity contribution is 6.32. The van der Waals surface area contributed by atoms with Gasteiger partial charge in [0, 0.05) is 19.4 Å². The predicted octanol–water partition coefficient (Wildman–Crippen LogP) is 3.89. The molecule has 0 saturated heterocycles. The zero-order valence-corrected chi connectivity index (χ0v) is 12.6. The van der Waals surface area contributed by atoms with Crippen LogP contribution in [0.15, 0.2) is 65.7 Å². The van der Waals surface area contributed by atoms with Gasteiger partial charge in [-0.2, -0.15) is 0 Å². The summed E-state index contributed by atoms with van der Waals surface area (Å²) in [4.78, 5) is 15.8. The van der Waals surface area contributed by atoms with Gasteiger partial charge >= 0.3 is 5.56 Å². The van der Waals surface area contributed by atoms with Crippen molar-refractivity contribution in [1.82, 2.24) is 9.55 Å². The van der Waals surface area contributed by atoms with Gasteiger partial charge in [-0.1, -0.05) is 48.0 Å². The van der Waals surface area contributed by atoms with Crippen molar-refractivity contribution in [3.8, 4) is 22.8 Å². The van der Waals surface area contributed by atoms with Crippen LogP contribution in [0.1, 0.15) is 0 Å². The van der Waals surface area contributed by atoms with E-state index in [1.54, 1.807) is 25.4 Å². The molecule has 0 amide bonds. The average Bonchev–Trinajstić information content (AvgIpc) is 2.54. The van der Waals surface area contributed by atoms with Gasteiger partial charge in [-0.15, -0.1) is 0 Å². The minimum absolute atomic E-state index is 0.000592. The third kappa shape index (κ3) is 2.87. The SMILES string of the molecule is Cn1ccnc(Oc2ccc(-c3ccccc3)cc2Cl)c1=O. The van der Waals surface area contributed by atoms with E-state index >= 15 is 0 Å². The Hall–Kier alpha value is -2.59. The molecule has 0 radical (unpaired) electrons. The van der Waals surface area contributed by atoms with Crippen LogP contribution in [0.4, 0.5) is 0 Å². The van der Waals surface area contributed by atoms with Crippen LogP contribution in [0.5, 0.6) is 11.6 Å². The molecule has 110 valence electrons. The van der Waals surface area contributed by atoms with E-state index in [0.717, 1.165) is 11.1 Å². The molecule has 0 atom stereocenters. The van der Waals surface area contributed by atoms with Crippen molar-refractivity contribution in [3.63, 3.8) is 0 Å². The van der Waals surface area contributed by atoms with Gasteiger partial charge in [0.2, 0.25) is 0 Å². The second kappa shape index (κ2) is 6.03. The molecule has 1 heterocycles. The number of aromatic nitrogens is 2. The maximum Gasteiger partial charge on any atom is 0.313 e. The van der Waals surface area contributed by atoms with Gasteiger partial charge in [0.25, 0.3) is 5.88 Å². The second-order valence-corrected chi connectivity index (χ2v) is 5.17. The molecule has 5 heteroatoms. The number of aryl methyl sites for hydroxylation is 1. The monoisotopic (exact) mass is 312 g/mol. The fraction of sp³-hybridized carbons (Fsp3) is 0.0588. The van der Waals surface area contributed by atoms with Crippen molar-refractivity contribution in [2.75, 3.05) is 0 Å². The molecule has 0 saturated carbocycles. The Morgan fingerprint density at radius 2 is 1.86 bits per heavy atom. The molecular weight excluding hydrogens is 300 g/mol. The first-order valence-electron chi connectivity index (χ1n) is 6.69. The van der Waals surface area contributed by atoms with Gasteiger partial charge in [-0.25, -0.2) is 4.98 Å². The summed E-state index contributed by atoms with van der Waals surface area (Å²) < 4.78 is 6.93. The van der Waals surface area contributed by atoms with Crippen LogP contribution in [0.25, 0.3) is 11.1 Å². The summed E-state index contributed by atoms with van der Waals surface area (Å²) in [6, 6.07) is 15.3. The number of hydrogen-bond donors (Lipinski definition) is 0. The van der Waals surface area contributed by atoms with E-state index in [1.807, 2.05) is 36.4 Å². The molecule has 3 rings (SSSR count). The first-order chi connectivity index (χ1) is 10.6. The number of benzene rings is 2. The van der Waals surface area contributed by atoms with Crippen molar-refractivity contribution >= 4 is 11.6 Å². The number of nitrogens with zero attached hydrogens (tertiary/aromatic N) is 2. The highest BCUT2D eigenvalue weighted by Gasteiger charge is 2.10. The normalized spacial score (nSPS) is 10.5. The van der Waals surface area contributed by atoms with E-state index in [4.69, 9.17) is 16.3 Å². The standard InChI is InChI=1S/C17H13ClN2O2/c1-20-10-9-19-16(17(20)21)22-15-8-7-13(11-14(15)18)12-5-3-2-4-6-12/h2-11H,1H3. The van der Waals surface area contributed by atoms with Crippen LogP contribution < -0.4 is 10.3 Å². The van der Waals surface area contributed by atoms with Gasteiger partial charge < -0.3 is 9.30 Å². The summed E-state index contributed by atoms with van der Waals surface area (Å²) in [6.45, 7) is 0. The van der Waals surface area contributed by atoms with E-state index in [2.05, 4.69) is 4.98 Å². The molecule has 4 nitrogen and oxygen atoms in total. The molecule has 0 unspecified atom stereocenters. The van der Waals surface area contributed by atoms with Gasteiger partial charge in [0.15, 0.2) is 0 Å². The Labute approximate surface area is 132 Å². The van der Waals surface area contributed by atoms with Crippen LogP contribution in [-0.2, 0) is 7.05 Å². The van der Waals surface area contributed by atoms with E-state index in [0.29, 0.717) is 10.8 Å². The summed E-state index contributed by atoms with van der Waals surface area (Å²) in [5.74, 6) is 0.400. The Bertz CT molecular complexity index is 860. The molecule has 2 aromatic carbocycles. The van der Waals surface area contributed by atoms with Crippen LogP contribution in [0.3, 0.4) is 0 Å². The Balaban J connectivity index is 1.93. The number of ether oxygens (including phenoxy) is 1. The minimum Gasteiger partial charge on any atom is -0.433 e. The maximum atomic E-state index is 11.9. The van der Waals surface area contributed by atoms with Crippen LogP contribution in [0.2, 0.25) is 5.02 Å². The van der Waals surface area contributed by atoms with Crippen LogP contribution >= 0.6 is 11.6 Å². The van der Waals surface area contributed by atoms with Gasteiger partial charge in [-0.3, -0.25) is 4.79 Å². The molecule has 0 spiro atoms. The summed E-state index contributed by atoms with van der Waals surface area (Å²) in [6.07, 6.45) is 3.07. The Morgan fingerprint density at radius 3 is 2.59 bits per heavy atom. The molecule has 22 heavy (non-hydrogen) atoms. The van der Waals surface area contributed by atoms with E-state index < -0.39 is 0 Å². The molecule has 1 aromatic heterocycles. The lowest BCUT2D eigenvalue weighted by atomic mass is 10.1. The average molecular weight is 313 g/mol. The van der Waals surface area contributed by atoms with Gasteiger partial charge in [0.05, 0.1) is 5.02 Å². The zero-order valence-electron chi connectivity index (χ0n) is 11.9. The van der Waals surface area contributed by atoms with Gasteiger partial charge in [-0.05, 0) is 23.3 Å². The molecular formula is C17H13ClN2O2. The minimum atomic E-state index is -0.314. The Kier molecular flexibility index (Phi) is 3.94. The van der Waals surface area contributed by atoms with Crippen molar-refractivity contribution in [2.45, 2.75) is 0 Å². The highest BCUT2D eigenvalue weighted by atomic mass is 35.5. The lowest BCUT2D eigenvalue weighted by molar-refractivity contribution is 0.449.